The number of amides is 2. The van der Waals surface area contributed by atoms with Gasteiger partial charge in [-0.2, -0.15) is 0 Å². The van der Waals surface area contributed by atoms with Gasteiger partial charge in [-0.05, 0) is 32.1 Å². The minimum absolute atomic E-state index is 0.151. The number of carboxylic acids is 1. The van der Waals surface area contributed by atoms with Crippen LogP contribution in [0.3, 0.4) is 0 Å². The molecule has 0 aromatic heterocycles. The Morgan fingerprint density at radius 2 is 2.00 bits per heavy atom. The third-order valence-corrected chi connectivity index (χ3v) is 3.44. The van der Waals surface area contributed by atoms with E-state index in [1.165, 1.54) is 4.90 Å². The van der Waals surface area contributed by atoms with Gasteiger partial charge in [0.25, 0.3) is 0 Å². The highest BCUT2D eigenvalue weighted by Gasteiger charge is 2.30. The lowest BCUT2D eigenvalue weighted by atomic mass is 10.2. The summed E-state index contributed by atoms with van der Waals surface area (Å²) in [5.41, 5.74) is 0. The molecule has 0 radical (unpaired) electrons. The maximum Gasteiger partial charge on any atom is 0.323 e. The second-order valence-electron chi connectivity index (χ2n) is 5.25. The van der Waals surface area contributed by atoms with E-state index in [-0.39, 0.29) is 18.6 Å². The van der Waals surface area contributed by atoms with Crippen molar-refractivity contribution in [2.45, 2.75) is 45.6 Å². The SMILES string of the molecule is CCCC(C)N(C)C(=O)N(CC(=O)O)CC1CC1. The lowest BCUT2D eigenvalue weighted by Gasteiger charge is -2.31. The molecule has 0 spiro atoms. The molecular formula is C13H24N2O3. The number of hydrogen-bond donors (Lipinski definition) is 1. The van der Waals surface area contributed by atoms with Gasteiger partial charge in [0.15, 0.2) is 0 Å². The quantitative estimate of drug-likeness (QED) is 0.758. The Morgan fingerprint density at radius 3 is 2.44 bits per heavy atom. The van der Waals surface area contributed by atoms with Gasteiger partial charge in [0.2, 0.25) is 0 Å². The summed E-state index contributed by atoms with van der Waals surface area (Å²) in [5.74, 6) is -0.441. The second-order valence-corrected chi connectivity index (χ2v) is 5.25. The lowest BCUT2D eigenvalue weighted by molar-refractivity contribution is -0.137. The smallest absolute Gasteiger partial charge is 0.323 e. The summed E-state index contributed by atoms with van der Waals surface area (Å²) in [5, 5.41) is 8.88. The standard InChI is InChI=1S/C13H24N2O3/c1-4-5-10(2)14(3)13(18)15(9-12(16)17)8-11-6-7-11/h10-11H,4-9H2,1-3H3,(H,16,17). The highest BCUT2D eigenvalue weighted by molar-refractivity contribution is 5.80. The van der Waals surface area contributed by atoms with E-state index in [2.05, 4.69) is 6.92 Å². The van der Waals surface area contributed by atoms with Crippen LogP contribution in [0.2, 0.25) is 0 Å². The van der Waals surface area contributed by atoms with Crippen molar-refractivity contribution in [2.24, 2.45) is 5.92 Å². The maximum atomic E-state index is 12.2. The Bertz CT molecular complexity index is 303. The van der Waals surface area contributed by atoms with Crippen molar-refractivity contribution in [3.8, 4) is 0 Å². The molecule has 0 aliphatic heterocycles. The van der Waals surface area contributed by atoms with Crippen LogP contribution in [0.1, 0.15) is 39.5 Å². The van der Waals surface area contributed by atoms with E-state index < -0.39 is 5.97 Å². The van der Waals surface area contributed by atoms with Gasteiger partial charge in [0.1, 0.15) is 6.54 Å². The largest absolute Gasteiger partial charge is 0.480 e. The molecule has 0 heterocycles. The van der Waals surface area contributed by atoms with Crippen LogP contribution in [0, 0.1) is 5.92 Å². The number of hydrogen-bond acceptors (Lipinski definition) is 2. The van der Waals surface area contributed by atoms with E-state index in [0.29, 0.717) is 12.5 Å². The molecule has 0 aromatic carbocycles. The van der Waals surface area contributed by atoms with Crippen LogP contribution in [-0.4, -0.2) is 53.1 Å². The molecule has 1 aliphatic rings. The molecular weight excluding hydrogens is 232 g/mol. The molecule has 1 fully saturated rings. The number of carbonyl (C=O) groups excluding carboxylic acids is 1. The van der Waals surface area contributed by atoms with E-state index in [4.69, 9.17) is 5.11 Å². The molecule has 0 saturated heterocycles. The van der Waals surface area contributed by atoms with E-state index in [1.807, 2.05) is 6.92 Å². The Hall–Kier alpha value is -1.26. The summed E-state index contributed by atoms with van der Waals surface area (Å²) in [6.07, 6.45) is 4.17. The van der Waals surface area contributed by atoms with Crippen LogP contribution in [0.25, 0.3) is 0 Å². The van der Waals surface area contributed by atoms with Gasteiger partial charge >= 0.3 is 12.0 Å². The molecule has 104 valence electrons. The minimum atomic E-state index is -0.944. The zero-order chi connectivity index (χ0) is 13.7. The van der Waals surface area contributed by atoms with Crippen molar-refractivity contribution in [2.75, 3.05) is 20.1 Å². The van der Waals surface area contributed by atoms with Crippen molar-refractivity contribution in [3.05, 3.63) is 0 Å². The van der Waals surface area contributed by atoms with E-state index in [9.17, 15) is 9.59 Å². The Balaban J connectivity index is 2.58. The molecule has 2 amide bonds. The molecule has 1 aliphatic carbocycles. The van der Waals surface area contributed by atoms with Gasteiger partial charge in [0, 0.05) is 19.6 Å². The van der Waals surface area contributed by atoms with Gasteiger partial charge in [0.05, 0.1) is 0 Å². The van der Waals surface area contributed by atoms with E-state index in [1.54, 1.807) is 11.9 Å². The number of carbonyl (C=O) groups is 2. The van der Waals surface area contributed by atoms with Gasteiger partial charge in [-0.1, -0.05) is 13.3 Å². The Kier molecular flexibility index (Phi) is 5.44. The number of urea groups is 1. The van der Waals surface area contributed by atoms with E-state index in [0.717, 1.165) is 25.7 Å². The molecule has 18 heavy (non-hydrogen) atoms. The monoisotopic (exact) mass is 256 g/mol. The van der Waals surface area contributed by atoms with Crippen molar-refractivity contribution in [1.82, 2.24) is 9.80 Å². The molecule has 1 rings (SSSR count). The summed E-state index contributed by atoms with van der Waals surface area (Å²) in [7, 11) is 1.75. The van der Waals surface area contributed by atoms with Crippen molar-refractivity contribution < 1.29 is 14.7 Å². The summed E-state index contributed by atoms with van der Waals surface area (Å²) in [6, 6.07) is -0.0109. The minimum Gasteiger partial charge on any atom is -0.480 e. The topological polar surface area (TPSA) is 60.9 Å². The molecule has 1 saturated carbocycles. The van der Waals surface area contributed by atoms with Crippen LogP contribution >= 0.6 is 0 Å². The highest BCUT2D eigenvalue weighted by atomic mass is 16.4. The normalized spacial score (nSPS) is 16.2. The summed E-state index contributed by atoms with van der Waals surface area (Å²) < 4.78 is 0. The van der Waals surface area contributed by atoms with E-state index >= 15 is 0 Å². The first-order valence-electron chi connectivity index (χ1n) is 6.69. The number of carboxylic acid groups (broad SMARTS) is 1. The first-order valence-corrected chi connectivity index (χ1v) is 6.69. The second kappa shape index (κ2) is 6.61. The third-order valence-electron chi connectivity index (χ3n) is 3.44. The zero-order valence-electron chi connectivity index (χ0n) is 11.6. The Labute approximate surface area is 109 Å². The lowest BCUT2D eigenvalue weighted by Crippen LogP contribution is -2.47. The maximum absolute atomic E-state index is 12.2. The van der Waals surface area contributed by atoms with Gasteiger partial charge in [-0.3, -0.25) is 4.79 Å². The average Bonchev–Trinajstić information content (AvgIpc) is 3.10. The third kappa shape index (κ3) is 4.55. The molecule has 5 heteroatoms. The Morgan fingerprint density at radius 1 is 1.39 bits per heavy atom. The van der Waals surface area contributed by atoms with Gasteiger partial charge in [-0.15, -0.1) is 0 Å². The first kappa shape index (κ1) is 14.8. The molecule has 0 aromatic rings. The van der Waals surface area contributed by atoms with Crippen molar-refractivity contribution >= 4 is 12.0 Å². The predicted octanol–water partition coefficient (Wildman–Crippen LogP) is 2.02. The zero-order valence-corrected chi connectivity index (χ0v) is 11.6. The van der Waals surface area contributed by atoms with Crippen LogP contribution in [0.15, 0.2) is 0 Å². The molecule has 1 N–H and O–H groups in total. The summed E-state index contributed by atoms with van der Waals surface area (Å²) in [6.45, 7) is 4.46. The molecule has 1 atom stereocenters. The fourth-order valence-electron chi connectivity index (χ4n) is 2.01. The number of nitrogens with zero attached hydrogens (tertiary/aromatic N) is 2. The number of rotatable bonds is 7. The molecule has 5 nitrogen and oxygen atoms in total. The summed E-state index contributed by atoms with van der Waals surface area (Å²) in [4.78, 5) is 26.2. The molecule has 0 bridgehead atoms. The average molecular weight is 256 g/mol. The molecule has 1 unspecified atom stereocenters. The fourth-order valence-corrected chi connectivity index (χ4v) is 2.01. The first-order chi connectivity index (χ1) is 8.45. The van der Waals surface area contributed by atoms with Crippen molar-refractivity contribution in [3.63, 3.8) is 0 Å². The van der Waals surface area contributed by atoms with Gasteiger partial charge in [-0.25, -0.2) is 4.79 Å². The van der Waals surface area contributed by atoms with Crippen LogP contribution in [-0.2, 0) is 4.79 Å². The predicted molar refractivity (Wildman–Crippen MR) is 69.5 cm³/mol. The highest BCUT2D eigenvalue weighted by Crippen LogP contribution is 2.30. The summed E-state index contributed by atoms with van der Waals surface area (Å²) >= 11 is 0. The van der Waals surface area contributed by atoms with Crippen LogP contribution in [0.4, 0.5) is 4.79 Å². The van der Waals surface area contributed by atoms with Crippen LogP contribution in [0.5, 0.6) is 0 Å². The van der Waals surface area contributed by atoms with Crippen molar-refractivity contribution in [1.29, 1.82) is 0 Å². The fraction of sp³-hybridized carbons (Fsp3) is 0.846. The van der Waals surface area contributed by atoms with Gasteiger partial charge < -0.3 is 14.9 Å². The number of aliphatic carboxylic acids is 1. The van der Waals surface area contributed by atoms with Crippen LogP contribution < -0.4 is 0 Å².